The maximum atomic E-state index is 10.2. The van der Waals surface area contributed by atoms with E-state index in [0.717, 1.165) is 0 Å². The highest BCUT2D eigenvalue weighted by Crippen LogP contribution is 1.71. The first-order valence-electron chi connectivity index (χ1n) is 2.36. The average Bonchev–Trinajstić information content (AvgIpc) is 1.68. The van der Waals surface area contributed by atoms with Crippen molar-refractivity contribution >= 4 is 6.09 Å². The van der Waals surface area contributed by atoms with Crippen LogP contribution < -0.4 is 11.1 Å². The molecule has 4 heteroatoms. The molecular formula is C4H9N2O2. The summed E-state index contributed by atoms with van der Waals surface area (Å²) >= 11 is 0. The van der Waals surface area contributed by atoms with Crippen molar-refractivity contribution in [1.82, 2.24) is 11.1 Å². The summed E-state index contributed by atoms with van der Waals surface area (Å²) in [6.07, 6.45) is -0.525. The third-order valence-electron chi connectivity index (χ3n) is 0.508. The summed E-state index contributed by atoms with van der Waals surface area (Å²) in [6, 6.07) is 0. The number of carbonyl (C=O) groups is 1. The van der Waals surface area contributed by atoms with Gasteiger partial charge in [-0.15, -0.1) is 0 Å². The molecule has 0 saturated heterocycles. The van der Waals surface area contributed by atoms with Gasteiger partial charge in [0.2, 0.25) is 0 Å². The number of nitrogens with one attached hydrogen (secondary N) is 2. The first kappa shape index (κ1) is 7.23. The molecule has 0 aliphatic heterocycles. The van der Waals surface area contributed by atoms with Crippen LogP contribution in [0, 0.1) is 0 Å². The zero-order chi connectivity index (χ0) is 6.41. The van der Waals surface area contributed by atoms with Crippen LogP contribution in [-0.4, -0.2) is 19.4 Å². The first-order valence-corrected chi connectivity index (χ1v) is 2.36. The monoisotopic (exact) mass is 117 g/mol. The fraction of sp³-hybridized carbons (Fsp3) is 0.750. The minimum atomic E-state index is -0.525. The van der Waals surface area contributed by atoms with Gasteiger partial charge in [-0.3, -0.25) is 0 Å². The van der Waals surface area contributed by atoms with E-state index in [-0.39, 0.29) is 6.67 Å². The van der Waals surface area contributed by atoms with Gasteiger partial charge in [-0.25, -0.2) is 10.5 Å². The van der Waals surface area contributed by atoms with Gasteiger partial charge < -0.3 is 10.1 Å². The van der Waals surface area contributed by atoms with Gasteiger partial charge in [0, 0.05) is 0 Å². The molecular weight excluding hydrogens is 108 g/mol. The molecule has 0 bridgehead atoms. The molecule has 0 unspecified atom stereocenters. The van der Waals surface area contributed by atoms with E-state index in [4.69, 9.17) is 5.73 Å². The summed E-state index contributed by atoms with van der Waals surface area (Å²) in [6.45, 7) is 1.94. The van der Waals surface area contributed by atoms with E-state index >= 15 is 0 Å². The molecule has 0 aromatic heterocycles. The highest BCUT2D eigenvalue weighted by atomic mass is 16.5. The molecule has 0 aliphatic carbocycles. The summed E-state index contributed by atoms with van der Waals surface area (Å²) in [7, 11) is 0. The van der Waals surface area contributed by atoms with E-state index in [1.165, 1.54) is 0 Å². The fourth-order valence-corrected chi connectivity index (χ4v) is 0.254. The first-order chi connectivity index (χ1) is 3.81. The molecule has 8 heavy (non-hydrogen) atoms. The van der Waals surface area contributed by atoms with Crippen LogP contribution in [0.4, 0.5) is 4.79 Å². The Balaban J connectivity index is 3.06. The zero-order valence-corrected chi connectivity index (χ0v) is 4.73. The van der Waals surface area contributed by atoms with E-state index in [1.54, 1.807) is 6.92 Å². The lowest BCUT2D eigenvalue weighted by molar-refractivity contribution is 0.152. The number of hydrogen-bond acceptors (Lipinski definition) is 2. The van der Waals surface area contributed by atoms with Crippen molar-refractivity contribution in [3.63, 3.8) is 0 Å². The van der Waals surface area contributed by atoms with Gasteiger partial charge in [0.25, 0.3) is 0 Å². The average molecular weight is 117 g/mol. The van der Waals surface area contributed by atoms with Crippen molar-refractivity contribution in [3.8, 4) is 0 Å². The zero-order valence-electron chi connectivity index (χ0n) is 4.73. The van der Waals surface area contributed by atoms with E-state index in [1.807, 2.05) is 0 Å². The second-order valence-corrected chi connectivity index (χ2v) is 1.07. The molecule has 2 N–H and O–H groups in total. The van der Waals surface area contributed by atoms with Crippen LogP contribution in [0.15, 0.2) is 0 Å². The van der Waals surface area contributed by atoms with Crippen LogP contribution in [0.25, 0.3) is 0 Å². The van der Waals surface area contributed by atoms with Crippen LogP contribution in [0.2, 0.25) is 0 Å². The number of ether oxygens (including phenoxy) is 1. The molecule has 4 nitrogen and oxygen atoms in total. The van der Waals surface area contributed by atoms with Crippen molar-refractivity contribution < 1.29 is 9.53 Å². The van der Waals surface area contributed by atoms with E-state index in [9.17, 15) is 4.79 Å². The lowest BCUT2D eigenvalue weighted by Crippen LogP contribution is -2.25. The van der Waals surface area contributed by atoms with Crippen molar-refractivity contribution in [3.05, 3.63) is 0 Å². The van der Waals surface area contributed by atoms with Gasteiger partial charge in [-0.1, -0.05) is 0 Å². The van der Waals surface area contributed by atoms with E-state index in [2.05, 4.69) is 10.1 Å². The second-order valence-electron chi connectivity index (χ2n) is 1.07. The molecule has 0 fully saturated rings. The van der Waals surface area contributed by atoms with Crippen LogP contribution in [0.3, 0.4) is 0 Å². The number of rotatable bonds is 2. The lowest BCUT2D eigenvalue weighted by atomic mass is 10.9. The van der Waals surface area contributed by atoms with E-state index < -0.39 is 6.09 Å². The van der Waals surface area contributed by atoms with Crippen LogP contribution in [0.5, 0.6) is 0 Å². The number of alkyl carbamates (subject to hydrolysis) is 1. The van der Waals surface area contributed by atoms with Gasteiger partial charge in [-0.2, -0.15) is 0 Å². The fourth-order valence-electron chi connectivity index (χ4n) is 0.254. The predicted octanol–water partition coefficient (Wildman–Crippen LogP) is -0.0271. The normalized spacial score (nSPS) is 8.25. The quantitative estimate of drug-likeness (QED) is 0.552. The molecule has 1 amide bonds. The molecule has 0 rings (SSSR count). The Hall–Kier alpha value is -0.770. The van der Waals surface area contributed by atoms with Crippen molar-refractivity contribution in [1.29, 1.82) is 0 Å². The van der Waals surface area contributed by atoms with Gasteiger partial charge in [0.1, 0.15) is 0 Å². The Kier molecular flexibility index (Phi) is 3.97. The van der Waals surface area contributed by atoms with E-state index in [0.29, 0.717) is 6.61 Å². The molecule has 0 heterocycles. The molecule has 47 valence electrons. The van der Waals surface area contributed by atoms with Crippen molar-refractivity contribution in [2.45, 2.75) is 6.92 Å². The second kappa shape index (κ2) is 4.39. The summed E-state index contributed by atoms with van der Waals surface area (Å²) in [4.78, 5) is 10.2. The highest BCUT2D eigenvalue weighted by molar-refractivity contribution is 5.66. The van der Waals surface area contributed by atoms with Gasteiger partial charge >= 0.3 is 6.09 Å². The third kappa shape index (κ3) is 3.42. The summed E-state index contributed by atoms with van der Waals surface area (Å²) in [5.74, 6) is 0. The largest absolute Gasteiger partial charge is 0.450 e. The van der Waals surface area contributed by atoms with Crippen LogP contribution >= 0.6 is 0 Å². The molecule has 0 aromatic carbocycles. The molecule has 0 aliphatic rings. The Morgan fingerprint density at radius 1 is 1.88 bits per heavy atom. The van der Waals surface area contributed by atoms with Crippen LogP contribution in [-0.2, 0) is 4.74 Å². The minimum absolute atomic E-state index is 0.126. The van der Waals surface area contributed by atoms with Gasteiger partial charge in [0.05, 0.1) is 13.3 Å². The number of amides is 1. The maximum Gasteiger partial charge on any atom is 0.408 e. The smallest absolute Gasteiger partial charge is 0.408 e. The van der Waals surface area contributed by atoms with Crippen molar-refractivity contribution in [2.75, 3.05) is 13.3 Å². The Bertz CT molecular complexity index is 66.4. The Morgan fingerprint density at radius 2 is 2.50 bits per heavy atom. The summed E-state index contributed by atoms with van der Waals surface area (Å²) in [5.41, 5.74) is 6.50. The molecule has 0 aromatic rings. The molecule has 1 radical (unpaired) electrons. The topological polar surface area (TPSA) is 62.1 Å². The lowest BCUT2D eigenvalue weighted by Gasteiger charge is -1.98. The Morgan fingerprint density at radius 3 is 2.88 bits per heavy atom. The molecule has 0 saturated carbocycles. The Labute approximate surface area is 48.0 Å². The molecule has 0 atom stereocenters. The number of hydrogen-bond donors (Lipinski definition) is 1. The third-order valence-corrected chi connectivity index (χ3v) is 0.508. The SMILES string of the molecule is CCOC(=O)NC[NH]. The minimum Gasteiger partial charge on any atom is -0.450 e. The summed E-state index contributed by atoms with van der Waals surface area (Å²) < 4.78 is 4.41. The molecule has 0 spiro atoms. The predicted molar refractivity (Wildman–Crippen MR) is 28.1 cm³/mol. The summed E-state index contributed by atoms with van der Waals surface area (Å²) in [5, 5.41) is 2.15. The van der Waals surface area contributed by atoms with Crippen molar-refractivity contribution in [2.24, 2.45) is 0 Å². The van der Waals surface area contributed by atoms with Gasteiger partial charge in [0.15, 0.2) is 0 Å². The van der Waals surface area contributed by atoms with Crippen LogP contribution in [0.1, 0.15) is 6.92 Å². The maximum absolute atomic E-state index is 10.2. The highest BCUT2D eigenvalue weighted by Gasteiger charge is 1.93. The number of carbonyl (C=O) groups excluding carboxylic acids is 1. The van der Waals surface area contributed by atoms with Gasteiger partial charge in [-0.05, 0) is 6.92 Å². The standard InChI is InChI=1S/C4H9N2O2/c1-2-8-4(7)6-3-5/h5H,2-3H2,1H3,(H,6,7).